The molecule has 1 saturated carbocycles. The minimum absolute atomic E-state index is 0.0921. The maximum atomic E-state index is 12.1. The zero-order chi connectivity index (χ0) is 14.5. The van der Waals surface area contributed by atoms with Gasteiger partial charge in [0.1, 0.15) is 0 Å². The fraction of sp³-hybridized carbons (Fsp3) is 0.533. The van der Waals surface area contributed by atoms with Crippen molar-refractivity contribution in [3.8, 4) is 0 Å². The highest BCUT2D eigenvalue weighted by molar-refractivity contribution is 14.1. The second-order valence-electron chi connectivity index (χ2n) is 5.33. The lowest BCUT2D eigenvalue weighted by Gasteiger charge is -2.30. The van der Waals surface area contributed by atoms with E-state index in [4.69, 9.17) is 11.6 Å². The zero-order valence-corrected chi connectivity index (χ0v) is 14.2. The molecular weight excluding hydrogens is 389 g/mol. The van der Waals surface area contributed by atoms with Gasteiger partial charge in [-0.2, -0.15) is 0 Å². The molecule has 3 nitrogen and oxygen atoms in total. The van der Waals surface area contributed by atoms with Crippen LogP contribution >= 0.6 is 34.2 Å². The van der Waals surface area contributed by atoms with Gasteiger partial charge < -0.3 is 10.4 Å². The van der Waals surface area contributed by atoms with Gasteiger partial charge in [0, 0.05) is 22.3 Å². The summed E-state index contributed by atoms with van der Waals surface area (Å²) in [7, 11) is 0. The second kappa shape index (κ2) is 7.61. The summed E-state index contributed by atoms with van der Waals surface area (Å²) in [6, 6.07) is 5.32. The van der Waals surface area contributed by atoms with E-state index < -0.39 is 0 Å². The van der Waals surface area contributed by atoms with Gasteiger partial charge in [0.25, 0.3) is 5.91 Å². The van der Waals surface area contributed by atoms with Crippen molar-refractivity contribution in [1.29, 1.82) is 0 Å². The van der Waals surface area contributed by atoms with Gasteiger partial charge >= 0.3 is 0 Å². The Morgan fingerprint density at radius 2 is 2.05 bits per heavy atom. The highest BCUT2D eigenvalue weighted by Crippen LogP contribution is 2.29. The average Bonchev–Trinajstić information content (AvgIpc) is 2.47. The molecule has 1 aliphatic rings. The molecule has 0 bridgehead atoms. The molecule has 1 aromatic rings. The Morgan fingerprint density at radius 3 is 2.70 bits per heavy atom. The van der Waals surface area contributed by atoms with Crippen LogP contribution in [-0.2, 0) is 0 Å². The van der Waals surface area contributed by atoms with E-state index in [-0.39, 0.29) is 12.5 Å². The standard InChI is InChI=1S/C15H19ClINO2/c16-13-7-10(5-6-14(13)17)15(20)18-8-11-3-1-2-4-12(11)9-19/h5-7,11-12,19H,1-4,8-9H2,(H,18,20). The Kier molecular flexibility index (Phi) is 6.11. The molecule has 1 amide bonds. The predicted molar refractivity (Wildman–Crippen MR) is 89.0 cm³/mol. The second-order valence-corrected chi connectivity index (χ2v) is 6.90. The van der Waals surface area contributed by atoms with Crippen LogP contribution in [0.3, 0.4) is 0 Å². The lowest BCUT2D eigenvalue weighted by molar-refractivity contribution is 0.0909. The number of hydrogen-bond acceptors (Lipinski definition) is 2. The molecule has 0 aromatic heterocycles. The van der Waals surface area contributed by atoms with E-state index in [9.17, 15) is 9.90 Å². The van der Waals surface area contributed by atoms with E-state index in [1.807, 2.05) is 6.07 Å². The van der Waals surface area contributed by atoms with Crippen LogP contribution in [0.2, 0.25) is 5.02 Å². The first-order valence-corrected chi connectivity index (χ1v) is 8.41. The largest absolute Gasteiger partial charge is 0.396 e. The first-order valence-electron chi connectivity index (χ1n) is 6.96. The van der Waals surface area contributed by atoms with Crippen molar-refractivity contribution < 1.29 is 9.90 Å². The average molecular weight is 408 g/mol. The molecule has 2 N–H and O–H groups in total. The summed E-state index contributed by atoms with van der Waals surface area (Å²) >= 11 is 8.17. The van der Waals surface area contributed by atoms with Crippen molar-refractivity contribution in [3.63, 3.8) is 0 Å². The summed E-state index contributed by atoms with van der Waals surface area (Å²) < 4.78 is 0.938. The third-order valence-corrected chi connectivity index (χ3v) is 5.58. The monoisotopic (exact) mass is 407 g/mol. The van der Waals surface area contributed by atoms with Crippen molar-refractivity contribution in [2.24, 2.45) is 11.8 Å². The van der Waals surface area contributed by atoms with Crippen molar-refractivity contribution >= 4 is 40.1 Å². The van der Waals surface area contributed by atoms with Crippen LogP contribution in [0.15, 0.2) is 18.2 Å². The van der Waals surface area contributed by atoms with Gasteiger partial charge in [0.15, 0.2) is 0 Å². The van der Waals surface area contributed by atoms with Gasteiger partial charge in [-0.1, -0.05) is 24.4 Å². The molecule has 1 aromatic carbocycles. The number of aliphatic hydroxyl groups excluding tert-OH is 1. The summed E-state index contributed by atoms with van der Waals surface area (Å²) in [5.74, 6) is 0.618. The quantitative estimate of drug-likeness (QED) is 0.751. The summed E-state index contributed by atoms with van der Waals surface area (Å²) in [5.41, 5.74) is 0.590. The molecule has 20 heavy (non-hydrogen) atoms. The number of hydrogen-bond donors (Lipinski definition) is 2. The van der Waals surface area contributed by atoms with Crippen LogP contribution in [0.5, 0.6) is 0 Å². The molecule has 0 saturated heterocycles. The topological polar surface area (TPSA) is 49.3 Å². The van der Waals surface area contributed by atoms with Gasteiger partial charge in [-0.05, 0) is 65.5 Å². The van der Waals surface area contributed by atoms with Gasteiger partial charge in [0.05, 0.1) is 5.02 Å². The van der Waals surface area contributed by atoms with Gasteiger partial charge in [-0.3, -0.25) is 4.79 Å². The normalized spacial score (nSPS) is 22.6. The lowest BCUT2D eigenvalue weighted by atomic mass is 9.79. The maximum Gasteiger partial charge on any atom is 0.251 e. The molecule has 2 rings (SSSR count). The Morgan fingerprint density at radius 1 is 1.35 bits per heavy atom. The fourth-order valence-corrected chi connectivity index (χ4v) is 3.27. The van der Waals surface area contributed by atoms with Crippen molar-refractivity contribution in [2.75, 3.05) is 13.2 Å². The predicted octanol–water partition coefficient (Wildman–Crippen LogP) is 3.47. The number of carbonyl (C=O) groups is 1. The molecule has 1 aliphatic carbocycles. The van der Waals surface area contributed by atoms with Crippen LogP contribution in [0.25, 0.3) is 0 Å². The molecule has 2 unspecified atom stereocenters. The Hall–Kier alpha value is -0.330. The summed E-state index contributed by atoms with van der Waals surface area (Å²) in [4.78, 5) is 12.1. The molecule has 5 heteroatoms. The van der Waals surface area contributed by atoms with Crippen molar-refractivity contribution in [1.82, 2.24) is 5.32 Å². The molecular formula is C15H19ClINO2. The Bertz CT molecular complexity index is 481. The van der Waals surface area contributed by atoms with E-state index in [0.29, 0.717) is 29.0 Å². The number of nitrogens with one attached hydrogen (secondary N) is 1. The van der Waals surface area contributed by atoms with Crippen LogP contribution in [0, 0.1) is 15.4 Å². The molecule has 0 heterocycles. The number of carbonyl (C=O) groups excluding carboxylic acids is 1. The third kappa shape index (κ3) is 4.09. The summed E-state index contributed by atoms with van der Waals surface area (Å²) in [6.45, 7) is 0.851. The maximum absolute atomic E-state index is 12.1. The van der Waals surface area contributed by atoms with E-state index in [2.05, 4.69) is 27.9 Å². The molecule has 2 atom stereocenters. The third-order valence-electron chi connectivity index (χ3n) is 4.01. The molecule has 0 spiro atoms. The smallest absolute Gasteiger partial charge is 0.251 e. The number of aliphatic hydroxyl groups is 1. The van der Waals surface area contributed by atoms with E-state index in [1.165, 1.54) is 12.8 Å². The number of amides is 1. The van der Waals surface area contributed by atoms with Crippen LogP contribution in [0.4, 0.5) is 0 Å². The molecule has 0 radical (unpaired) electrons. The minimum atomic E-state index is -0.0921. The first kappa shape index (κ1) is 16.0. The van der Waals surface area contributed by atoms with Crippen LogP contribution in [-0.4, -0.2) is 24.2 Å². The van der Waals surface area contributed by atoms with Gasteiger partial charge in [-0.25, -0.2) is 0 Å². The number of benzene rings is 1. The Labute approximate surface area is 138 Å². The lowest BCUT2D eigenvalue weighted by Crippen LogP contribution is -2.35. The first-order chi connectivity index (χ1) is 9.61. The highest BCUT2D eigenvalue weighted by atomic mass is 127. The van der Waals surface area contributed by atoms with Gasteiger partial charge in [-0.15, -0.1) is 0 Å². The highest BCUT2D eigenvalue weighted by Gasteiger charge is 2.24. The van der Waals surface area contributed by atoms with Crippen LogP contribution < -0.4 is 5.32 Å². The minimum Gasteiger partial charge on any atom is -0.396 e. The Balaban J connectivity index is 1.92. The molecule has 0 aliphatic heterocycles. The van der Waals surface area contributed by atoms with E-state index in [1.54, 1.807) is 12.1 Å². The molecule has 110 valence electrons. The SMILES string of the molecule is O=C(NCC1CCCCC1CO)c1ccc(I)c(Cl)c1. The summed E-state index contributed by atoms with van der Waals surface area (Å²) in [6.07, 6.45) is 4.51. The molecule has 1 fully saturated rings. The van der Waals surface area contributed by atoms with Crippen molar-refractivity contribution in [3.05, 3.63) is 32.4 Å². The van der Waals surface area contributed by atoms with Crippen molar-refractivity contribution in [2.45, 2.75) is 25.7 Å². The van der Waals surface area contributed by atoms with E-state index >= 15 is 0 Å². The zero-order valence-electron chi connectivity index (χ0n) is 11.2. The van der Waals surface area contributed by atoms with E-state index in [0.717, 1.165) is 16.4 Å². The number of halogens is 2. The van der Waals surface area contributed by atoms with Gasteiger partial charge in [0.2, 0.25) is 0 Å². The fourth-order valence-electron chi connectivity index (χ4n) is 2.76. The number of rotatable bonds is 4. The summed E-state index contributed by atoms with van der Waals surface area (Å²) in [5, 5.41) is 12.9. The van der Waals surface area contributed by atoms with Crippen LogP contribution in [0.1, 0.15) is 36.0 Å².